The number of halogens is 1. The smallest absolute Gasteiger partial charge is 0.258 e. The van der Waals surface area contributed by atoms with Gasteiger partial charge >= 0.3 is 0 Å². The summed E-state index contributed by atoms with van der Waals surface area (Å²) in [4.78, 5) is 20.3. The average Bonchev–Trinajstić information content (AvgIpc) is 2.66. The van der Waals surface area contributed by atoms with Gasteiger partial charge in [0.15, 0.2) is 6.61 Å². The molecule has 0 saturated carbocycles. The Bertz CT molecular complexity index is 884. The van der Waals surface area contributed by atoms with Crippen LogP contribution in [-0.4, -0.2) is 29.6 Å². The Morgan fingerprint density at radius 2 is 2.08 bits per heavy atom. The minimum atomic E-state index is -0.241. The molecule has 0 unspecified atom stereocenters. The molecule has 1 aromatic carbocycles. The summed E-state index contributed by atoms with van der Waals surface area (Å²) in [6.45, 7) is 0.246. The maximum absolute atomic E-state index is 12.0. The number of nitrogens with zero attached hydrogens (tertiary/aromatic N) is 2. The van der Waals surface area contributed by atoms with Crippen molar-refractivity contribution >= 4 is 28.4 Å². The van der Waals surface area contributed by atoms with Crippen molar-refractivity contribution in [2.24, 2.45) is 0 Å². The van der Waals surface area contributed by atoms with E-state index in [1.54, 1.807) is 43.8 Å². The monoisotopic (exact) mass is 357 g/mol. The molecule has 0 saturated heterocycles. The van der Waals surface area contributed by atoms with Crippen LogP contribution in [0.25, 0.3) is 10.9 Å². The molecule has 0 fully saturated rings. The maximum Gasteiger partial charge on any atom is 0.258 e. The third kappa shape index (κ3) is 4.16. The van der Waals surface area contributed by atoms with Crippen LogP contribution < -0.4 is 14.8 Å². The van der Waals surface area contributed by atoms with E-state index in [0.717, 1.165) is 10.9 Å². The second-order valence-corrected chi connectivity index (χ2v) is 5.63. The Balaban J connectivity index is 1.58. The van der Waals surface area contributed by atoms with Crippen molar-refractivity contribution in [1.29, 1.82) is 0 Å². The Kier molecular flexibility index (Phi) is 5.30. The number of benzene rings is 1. The molecule has 0 aliphatic rings. The number of pyridine rings is 2. The van der Waals surface area contributed by atoms with Gasteiger partial charge in [-0.2, -0.15) is 0 Å². The number of ether oxygens (including phenoxy) is 2. The standard InChI is InChI=1S/C18H16ClN3O3/c1-24-17-7-4-12(10-22-17)9-21-16(23)11-25-15-6-5-14(19)13-3-2-8-20-18(13)15/h2-8,10H,9,11H2,1H3,(H,21,23). The highest BCUT2D eigenvalue weighted by atomic mass is 35.5. The van der Waals surface area contributed by atoms with Crippen LogP contribution >= 0.6 is 11.6 Å². The minimum Gasteiger partial charge on any atom is -0.481 e. The lowest BCUT2D eigenvalue weighted by atomic mass is 10.2. The highest BCUT2D eigenvalue weighted by molar-refractivity contribution is 6.35. The van der Waals surface area contributed by atoms with Gasteiger partial charge in [0.05, 0.1) is 12.1 Å². The van der Waals surface area contributed by atoms with Crippen LogP contribution in [0.15, 0.2) is 48.8 Å². The molecule has 2 heterocycles. The molecule has 3 aromatic rings. The van der Waals surface area contributed by atoms with Gasteiger partial charge in [0.1, 0.15) is 11.3 Å². The van der Waals surface area contributed by atoms with Crippen LogP contribution in [0, 0.1) is 0 Å². The fraction of sp³-hybridized carbons (Fsp3) is 0.167. The van der Waals surface area contributed by atoms with Crippen molar-refractivity contribution < 1.29 is 14.3 Å². The summed E-state index contributed by atoms with van der Waals surface area (Å²) in [6.07, 6.45) is 3.30. The summed E-state index contributed by atoms with van der Waals surface area (Å²) in [6, 6.07) is 10.7. The Morgan fingerprint density at radius 1 is 1.20 bits per heavy atom. The van der Waals surface area contributed by atoms with Gasteiger partial charge in [0, 0.05) is 30.4 Å². The number of fused-ring (bicyclic) bond motifs is 1. The lowest BCUT2D eigenvalue weighted by Crippen LogP contribution is -2.28. The van der Waals surface area contributed by atoms with Crippen molar-refractivity contribution in [2.45, 2.75) is 6.54 Å². The normalized spacial score (nSPS) is 10.5. The van der Waals surface area contributed by atoms with Gasteiger partial charge in [0.25, 0.3) is 5.91 Å². The van der Waals surface area contributed by atoms with Crippen molar-refractivity contribution in [1.82, 2.24) is 15.3 Å². The van der Waals surface area contributed by atoms with Crippen LogP contribution in [0.4, 0.5) is 0 Å². The molecule has 0 atom stereocenters. The van der Waals surface area contributed by atoms with Crippen LogP contribution in [0.5, 0.6) is 11.6 Å². The van der Waals surface area contributed by atoms with Crippen molar-refractivity contribution in [2.75, 3.05) is 13.7 Å². The molecule has 1 N–H and O–H groups in total. The summed E-state index contributed by atoms with van der Waals surface area (Å²) < 4.78 is 10.6. The van der Waals surface area contributed by atoms with Crippen molar-refractivity contribution in [3.05, 3.63) is 59.4 Å². The molecule has 128 valence electrons. The van der Waals surface area contributed by atoms with Crippen molar-refractivity contribution in [3.8, 4) is 11.6 Å². The van der Waals surface area contributed by atoms with Gasteiger partial charge in [-0.1, -0.05) is 17.7 Å². The number of aromatic nitrogens is 2. The van der Waals surface area contributed by atoms with Gasteiger partial charge in [-0.15, -0.1) is 0 Å². The number of methoxy groups -OCH3 is 1. The van der Waals surface area contributed by atoms with E-state index >= 15 is 0 Å². The molecule has 0 spiro atoms. The third-order valence-corrected chi connectivity index (χ3v) is 3.86. The summed E-state index contributed by atoms with van der Waals surface area (Å²) in [5.74, 6) is 0.802. The van der Waals surface area contributed by atoms with E-state index in [9.17, 15) is 4.79 Å². The largest absolute Gasteiger partial charge is 0.481 e. The van der Waals surface area contributed by atoms with E-state index in [0.29, 0.717) is 28.7 Å². The first-order valence-electron chi connectivity index (χ1n) is 7.59. The topological polar surface area (TPSA) is 73.3 Å². The number of hydrogen-bond acceptors (Lipinski definition) is 5. The van der Waals surface area contributed by atoms with E-state index in [-0.39, 0.29) is 12.5 Å². The number of hydrogen-bond donors (Lipinski definition) is 1. The molecule has 2 aromatic heterocycles. The van der Waals surface area contributed by atoms with Gasteiger partial charge in [-0.3, -0.25) is 9.78 Å². The molecule has 0 bridgehead atoms. The Labute approximate surface area is 149 Å². The first-order valence-corrected chi connectivity index (χ1v) is 7.97. The van der Waals surface area contributed by atoms with Crippen LogP contribution in [0.2, 0.25) is 5.02 Å². The van der Waals surface area contributed by atoms with Crippen LogP contribution in [0.1, 0.15) is 5.56 Å². The van der Waals surface area contributed by atoms with Crippen LogP contribution in [-0.2, 0) is 11.3 Å². The lowest BCUT2D eigenvalue weighted by Gasteiger charge is -2.10. The first kappa shape index (κ1) is 17.0. The van der Waals surface area contributed by atoms with Crippen molar-refractivity contribution in [3.63, 3.8) is 0 Å². The number of carbonyl (C=O) groups is 1. The average molecular weight is 358 g/mol. The Morgan fingerprint density at radius 3 is 2.84 bits per heavy atom. The summed E-state index contributed by atoms with van der Waals surface area (Å²) in [7, 11) is 1.55. The number of rotatable bonds is 6. The van der Waals surface area contributed by atoms with E-state index in [1.165, 1.54) is 0 Å². The summed E-state index contributed by atoms with van der Waals surface area (Å²) in [5.41, 5.74) is 1.50. The number of nitrogens with one attached hydrogen (secondary N) is 1. The fourth-order valence-corrected chi connectivity index (χ4v) is 2.48. The van der Waals surface area contributed by atoms with Gasteiger partial charge in [0.2, 0.25) is 5.88 Å². The zero-order chi connectivity index (χ0) is 17.6. The number of carbonyl (C=O) groups excluding carboxylic acids is 1. The third-order valence-electron chi connectivity index (χ3n) is 3.53. The summed E-state index contributed by atoms with van der Waals surface area (Å²) >= 11 is 6.14. The van der Waals surface area contributed by atoms with E-state index in [4.69, 9.17) is 21.1 Å². The number of amides is 1. The molecular formula is C18H16ClN3O3. The molecule has 0 radical (unpaired) electrons. The zero-order valence-electron chi connectivity index (χ0n) is 13.5. The molecule has 3 rings (SSSR count). The van der Waals surface area contributed by atoms with E-state index < -0.39 is 0 Å². The minimum absolute atomic E-state index is 0.114. The molecule has 0 aliphatic carbocycles. The quantitative estimate of drug-likeness (QED) is 0.734. The van der Waals surface area contributed by atoms with E-state index in [1.807, 2.05) is 12.1 Å². The molecule has 7 heteroatoms. The SMILES string of the molecule is COc1ccc(CNC(=O)COc2ccc(Cl)c3cccnc23)cn1. The van der Waals surface area contributed by atoms with Crippen LogP contribution in [0.3, 0.4) is 0 Å². The highest BCUT2D eigenvalue weighted by Crippen LogP contribution is 2.29. The molecule has 25 heavy (non-hydrogen) atoms. The zero-order valence-corrected chi connectivity index (χ0v) is 14.3. The lowest BCUT2D eigenvalue weighted by molar-refractivity contribution is -0.123. The molecule has 0 aliphatic heterocycles. The Hall–Kier alpha value is -2.86. The van der Waals surface area contributed by atoms with Gasteiger partial charge in [-0.25, -0.2) is 4.98 Å². The first-order chi connectivity index (χ1) is 12.2. The molecular weight excluding hydrogens is 342 g/mol. The van der Waals surface area contributed by atoms with Gasteiger partial charge < -0.3 is 14.8 Å². The fourth-order valence-electron chi connectivity index (χ4n) is 2.26. The second-order valence-electron chi connectivity index (χ2n) is 5.22. The predicted molar refractivity (Wildman–Crippen MR) is 94.9 cm³/mol. The predicted octanol–water partition coefficient (Wildman–Crippen LogP) is 2.99. The summed E-state index contributed by atoms with van der Waals surface area (Å²) in [5, 5.41) is 4.15. The van der Waals surface area contributed by atoms with E-state index in [2.05, 4.69) is 15.3 Å². The van der Waals surface area contributed by atoms with Gasteiger partial charge in [-0.05, 0) is 29.8 Å². The molecule has 1 amide bonds. The second kappa shape index (κ2) is 7.81. The maximum atomic E-state index is 12.0. The molecule has 6 nitrogen and oxygen atoms in total. The highest BCUT2D eigenvalue weighted by Gasteiger charge is 2.09.